The molecule has 5 unspecified atom stereocenters. The summed E-state index contributed by atoms with van der Waals surface area (Å²) in [5.74, 6) is -3.52. The maximum absolute atomic E-state index is 11.8. The van der Waals surface area contributed by atoms with Crippen LogP contribution in [-0.2, 0) is 28.6 Å². The molecule has 2 bridgehead atoms. The lowest BCUT2D eigenvalue weighted by molar-refractivity contribution is -0.180. The zero-order chi connectivity index (χ0) is 16.1. The first-order valence-corrected chi connectivity index (χ1v) is 6.74. The summed E-state index contributed by atoms with van der Waals surface area (Å²) in [6.07, 6.45) is 0.503. The van der Waals surface area contributed by atoms with Gasteiger partial charge in [0.05, 0.1) is 5.92 Å². The lowest BCUT2D eigenvalue weighted by Crippen LogP contribution is -2.56. The van der Waals surface area contributed by atoms with E-state index in [4.69, 9.17) is 27.2 Å². The second-order valence-electron chi connectivity index (χ2n) is 5.68. The monoisotopic (exact) mass is 308 g/mol. The number of ether oxygens (including phenoxy) is 3. The average Bonchev–Trinajstić information content (AvgIpc) is 3.07. The minimum Gasteiger partial charge on any atom is -0.454 e. The minimum atomic E-state index is -1.29. The first kappa shape index (κ1) is 14.5. The van der Waals surface area contributed by atoms with Gasteiger partial charge < -0.3 is 14.2 Å². The third-order valence-electron chi connectivity index (χ3n) is 4.53. The molecule has 9 heteroatoms. The topological polar surface area (TPSA) is 133 Å². The molecule has 22 heavy (non-hydrogen) atoms. The second-order valence-corrected chi connectivity index (χ2v) is 5.68. The Hall–Kier alpha value is -2.47. The fraction of sp³-hybridized carbons (Fsp3) is 0.615. The van der Waals surface area contributed by atoms with Crippen molar-refractivity contribution < 1.29 is 28.6 Å². The quantitative estimate of drug-likeness (QED) is 0.303. The van der Waals surface area contributed by atoms with Gasteiger partial charge in [-0.2, -0.15) is 0 Å². The molecule has 1 heterocycles. The van der Waals surface area contributed by atoms with Gasteiger partial charge in [0.1, 0.15) is 6.57 Å². The van der Waals surface area contributed by atoms with Crippen molar-refractivity contribution in [3.63, 3.8) is 0 Å². The number of hydrogen-bond donors (Lipinski definition) is 2. The Morgan fingerprint density at radius 2 is 2.23 bits per heavy atom. The van der Waals surface area contributed by atoms with E-state index >= 15 is 0 Å². The van der Waals surface area contributed by atoms with Crippen molar-refractivity contribution in [1.82, 2.24) is 0 Å². The van der Waals surface area contributed by atoms with E-state index in [1.165, 1.54) is 0 Å². The van der Waals surface area contributed by atoms with E-state index in [2.05, 4.69) is 9.58 Å². The molecule has 1 saturated heterocycles. The fourth-order valence-corrected chi connectivity index (χ4v) is 3.66. The Morgan fingerprint density at radius 1 is 1.50 bits per heavy atom. The molecule has 9 nitrogen and oxygen atoms in total. The van der Waals surface area contributed by atoms with Gasteiger partial charge in [0.2, 0.25) is 5.72 Å². The Balaban J connectivity index is 1.59. The number of nitrogens with one attached hydrogen (secondary N) is 1. The van der Waals surface area contributed by atoms with Crippen LogP contribution in [0.4, 0.5) is 0 Å². The molecule has 1 aliphatic heterocycles. The molecule has 3 aliphatic rings. The Kier molecular flexibility index (Phi) is 3.14. The van der Waals surface area contributed by atoms with Crippen LogP contribution in [0, 0.1) is 29.7 Å². The third kappa shape index (κ3) is 1.95. The maximum Gasteiger partial charge on any atom is 0.502 e. The van der Waals surface area contributed by atoms with E-state index in [1.807, 2.05) is 0 Å². The highest BCUT2D eigenvalue weighted by atomic mass is 16.6. The first-order valence-electron chi connectivity index (χ1n) is 6.74. The van der Waals surface area contributed by atoms with Gasteiger partial charge in [-0.25, -0.2) is 9.59 Å². The van der Waals surface area contributed by atoms with Gasteiger partial charge >= 0.3 is 23.7 Å². The maximum atomic E-state index is 11.8. The molecule has 3 rings (SSSR count). The number of nitrogens with two attached hydrogens (primary N) is 1. The first-order chi connectivity index (χ1) is 10.4. The highest BCUT2D eigenvalue weighted by molar-refractivity contribution is 6.38. The molecule has 116 valence electrons. The van der Waals surface area contributed by atoms with Crippen molar-refractivity contribution >= 4 is 23.7 Å². The van der Waals surface area contributed by atoms with E-state index in [-0.39, 0.29) is 23.7 Å². The van der Waals surface area contributed by atoms with Gasteiger partial charge in [0.25, 0.3) is 0 Å². The van der Waals surface area contributed by atoms with Crippen LogP contribution in [-0.4, -0.2) is 42.2 Å². The van der Waals surface area contributed by atoms with Gasteiger partial charge in [-0.3, -0.25) is 10.5 Å². The van der Waals surface area contributed by atoms with Crippen molar-refractivity contribution in [3.05, 3.63) is 4.85 Å². The predicted octanol–water partition coefficient (Wildman–Crippen LogP) is -0.751. The van der Waals surface area contributed by atoms with Gasteiger partial charge in [-0.05, 0) is 12.8 Å². The third-order valence-corrected chi connectivity index (χ3v) is 4.53. The number of fused-ring (bicyclic) bond motifs is 1. The van der Waals surface area contributed by atoms with Crippen molar-refractivity contribution in [2.24, 2.45) is 23.5 Å². The van der Waals surface area contributed by atoms with Gasteiger partial charge in [0, 0.05) is 11.8 Å². The number of amidine groups is 1. The van der Waals surface area contributed by atoms with Crippen LogP contribution in [0.15, 0.2) is 0 Å². The summed E-state index contributed by atoms with van der Waals surface area (Å²) in [4.78, 5) is 37.4. The molecule has 0 spiro atoms. The highest BCUT2D eigenvalue weighted by Crippen LogP contribution is 2.59. The van der Waals surface area contributed by atoms with Crippen LogP contribution in [0.1, 0.15) is 12.8 Å². The largest absolute Gasteiger partial charge is 0.502 e. The van der Waals surface area contributed by atoms with E-state index in [1.54, 1.807) is 0 Å². The van der Waals surface area contributed by atoms with Gasteiger partial charge in [-0.15, -0.1) is 4.85 Å². The molecular formula is C13H14N3O6+. The van der Waals surface area contributed by atoms with Gasteiger partial charge in [0.15, 0.2) is 12.7 Å². The smallest absolute Gasteiger partial charge is 0.454 e. The molecule has 0 aromatic rings. The van der Waals surface area contributed by atoms with Crippen LogP contribution in [0.3, 0.4) is 0 Å². The zero-order valence-corrected chi connectivity index (χ0v) is 11.5. The fourth-order valence-electron chi connectivity index (χ4n) is 3.66. The van der Waals surface area contributed by atoms with Crippen molar-refractivity contribution in [3.8, 4) is 6.57 Å². The Morgan fingerprint density at radius 3 is 2.91 bits per heavy atom. The van der Waals surface area contributed by atoms with E-state index < -0.39 is 36.2 Å². The van der Waals surface area contributed by atoms with Crippen LogP contribution in [0.2, 0.25) is 0 Å². The molecule has 2 saturated carbocycles. The Bertz CT molecular complexity index is 626. The number of carbonyl (C=O) groups excluding carboxylic acids is 3. The second kappa shape index (κ2) is 4.78. The molecule has 0 aromatic carbocycles. The van der Waals surface area contributed by atoms with Crippen LogP contribution in [0.5, 0.6) is 0 Å². The molecule has 3 fully saturated rings. The number of hydrogen-bond acceptors (Lipinski definition) is 8. The van der Waals surface area contributed by atoms with Crippen molar-refractivity contribution in [2.75, 3.05) is 6.61 Å². The lowest BCUT2D eigenvalue weighted by atomic mass is 9.84. The SMILES string of the molecule is C#[N+]C(=N)C(=O)OCC(=O)OC1C2CC3C(=O)OC1(N)C3C2. The summed E-state index contributed by atoms with van der Waals surface area (Å²) >= 11 is 0. The molecule has 2 aliphatic carbocycles. The molecule has 0 radical (unpaired) electrons. The van der Waals surface area contributed by atoms with E-state index in [0.29, 0.717) is 12.8 Å². The van der Waals surface area contributed by atoms with Gasteiger partial charge in [-0.1, -0.05) is 5.41 Å². The normalized spacial score (nSPS) is 37.4. The minimum absolute atomic E-state index is 0.0385. The summed E-state index contributed by atoms with van der Waals surface area (Å²) in [6, 6.07) is 0. The summed E-state index contributed by atoms with van der Waals surface area (Å²) < 4.78 is 15.0. The number of esters is 3. The molecule has 5 atom stereocenters. The molecule has 0 amide bonds. The summed E-state index contributed by atoms with van der Waals surface area (Å²) in [7, 11) is 0. The van der Waals surface area contributed by atoms with Crippen LogP contribution in [0.25, 0.3) is 4.85 Å². The highest BCUT2D eigenvalue weighted by Gasteiger charge is 2.71. The number of carbonyl (C=O) groups is 3. The summed E-state index contributed by atoms with van der Waals surface area (Å²) in [5, 5.41) is 7.00. The van der Waals surface area contributed by atoms with Crippen LogP contribution >= 0.6 is 0 Å². The van der Waals surface area contributed by atoms with Crippen LogP contribution < -0.4 is 5.73 Å². The predicted molar refractivity (Wildman–Crippen MR) is 69.6 cm³/mol. The standard InChI is InChI=1S/C13H14N3O6/c1-16-10(14)12(19)20-4-8(17)21-9-5-2-6-7(3-5)13(9,15)22-11(6)18/h1,5-7,9,14H,2-4,15H2/q+1. The number of rotatable bonds is 3. The van der Waals surface area contributed by atoms with E-state index in [0.717, 1.165) is 0 Å². The summed E-state index contributed by atoms with van der Waals surface area (Å²) in [6.45, 7) is 4.05. The molecular weight excluding hydrogens is 294 g/mol. The van der Waals surface area contributed by atoms with Crippen molar-refractivity contribution in [1.29, 1.82) is 5.41 Å². The number of nitrogens with zero attached hydrogens (tertiary/aromatic N) is 1. The Labute approximate surface area is 125 Å². The average molecular weight is 308 g/mol. The molecule has 0 aromatic heterocycles. The van der Waals surface area contributed by atoms with E-state index in [9.17, 15) is 14.4 Å². The lowest BCUT2D eigenvalue weighted by Gasteiger charge is -2.33. The van der Waals surface area contributed by atoms with Crippen molar-refractivity contribution in [2.45, 2.75) is 24.7 Å². The zero-order valence-electron chi connectivity index (χ0n) is 11.5. The molecule has 3 N–H and O–H groups in total. The summed E-state index contributed by atoms with van der Waals surface area (Å²) in [5.41, 5.74) is 4.81.